The van der Waals surface area contributed by atoms with Crippen LogP contribution in [0.25, 0.3) is 0 Å². The topological polar surface area (TPSA) is 106 Å². The van der Waals surface area contributed by atoms with Crippen LogP contribution in [0.2, 0.25) is 0 Å². The Balaban J connectivity index is 2.05. The maximum absolute atomic E-state index is 12.0. The third-order valence-corrected chi connectivity index (χ3v) is 2.62. The lowest BCUT2D eigenvalue weighted by molar-refractivity contribution is 0.0690. The van der Waals surface area contributed by atoms with E-state index in [0.717, 1.165) is 0 Å². The molecule has 2 aromatic rings. The van der Waals surface area contributed by atoms with Crippen molar-refractivity contribution in [3.8, 4) is 0 Å². The Labute approximate surface area is 120 Å². The molecule has 0 aliphatic rings. The summed E-state index contributed by atoms with van der Waals surface area (Å²) in [6.07, 6.45) is 3.15. The summed E-state index contributed by atoms with van der Waals surface area (Å²) in [6, 6.07) is 4.23. The Kier molecular flexibility index (Phi) is 4.62. The van der Waals surface area contributed by atoms with Gasteiger partial charge in [-0.05, 0) is 12.1 Å². The number of pyridine rings is 1. The second-order valence-electron chi connectivity index (χ2n) is 4.15. The van der Waals surface area contributed by atoms with Gasteiger partial charge in [-0.15, -0.1) is 0 Å². The Morgan fingerprint density at radius 1 is 1.38 bits per heavy atom. The lowest BCUT2D eigenvalue weighted by Gasteiger charge is -2.02. The maximum Gasteiger partial charge on any atom is 0.354 e. The molecule has 0 saturated heterocycles. The smallest absolute Gasteiger partial charge is 0.354 e. The van der Waals surface area contributed by atoms with Gasteiger partial charge in [-0.1, -0.05) is 6.07 Å². The lowest BCUT2D eigenvalue weighted by Crippen LogP contribution is -2.15. The van der Waals surface area contributed by atoms with E-state index in [-0.39, 0.29) is 11.4 Å². The molecule has 0 radical (unpaired) electrons. The average Bonchev–Trinajstić information content (AvgIpc) is 2.92. The van der Waals surface area contributed by atoms with Gasteiger partial charge in [0.25, 0.3) is 5.91 Å². The molecule has 2 N–H and O–H groups in total. The van der Waals surface area contributed by atoms with Crippen molar-refractivity contribution >= 4 is 17.6 Å². The van der Waals surface area contributed by atoms with Crippen LogP contribution in [0.5, 0.6) is 0 Å². The van der Waals surface area contributed by atoms with E-state index >= 15 is 0 Å². The molecule has 8 heteroatoms. The maximum atomic E-state index is 12.0. The van der Waals surface area contributed by atoms with Crippen molar-refractivity contribution in [2.24, 2.45) is 0 Å². The number of carboxylic acid groups (broad SMARTS) is 1. The number of methoxy groups -OCH3 is 1. The molecule has 8 nitrogen and oxygen atoms in total. The number of ether oxygens (including phenoxy) is 1. The minimum absolute atomic E-state index is 0.0274. The summed E-state index contributed by atoms with van der Waals surface area (Å²) in [7, 11) is 1.59. The average molecular weight is 290 g/mol. The van der Waals surface area contributed by atoms with Crippen molar-refractivity contribution in [1.82, 2.24) is 14.8 Å². The van der Waals surface area contributed by atoms with E-state index in [1.54, 1.807) is 18.0 Å². The number of amides is 1. The lowest BCUT2D eigenvalue weighted by atomic mass is 10.3. The van der Waals surface area contributed by atoms with Gasteiger partial charge in [0, 0.05) is 13.3 Å². The van der Waals surface area contributed by atoms with Crippen LogP contribution in [0.15, 0.2) is 30.6 Å². The van der Waals surface area contributed by atoms with Gasteiger partial charge in [0.15, 0.2) is 0 Å². The highest BCUT2D eigenvalue weighted by atomic mass is 16.5. The van der Waals surface area contributed by atoms with E-state index in [2.05, 4.69) is 15.4 Å². The van der Waals surface area contributed by atoms with Crippen molar-refractivity contribution in [1.29, 1.82) is 0 Å². The Hall–Kier alpha value is -2.74. The van der Waals surface area contributed by atoms with E-state index < -0.39 is 11.9 Å². The number of aromatic nitrogens is 3. The zero-order chi connectivity index (χ0) is 15.2. The molecule has 21 heavy (non-hydrogen) atoms. The third kappa shape index (κ3) is 3.86. The molecular formula is C13H14N4O4. The van der Waals surface area contributed by atoms with Gasteiger partial charge in [0.05, 0.1) is 25.0 Å². The molecule has 0 unspecified atom stereocenters. The summed E-state index contributed by atoms with van der Waals surface area (Å²) >= 11 is 0. The van der Waals surface area contributed by atoms with Crippen LogP contribution in [0.1, 0.15) is 21.0 Å². The normalized spacial score (nSPS) is 10.3. The minimum atomic E-state index is -1.18. The summed E-state index contributed by atoms with van der Waals surface area (Å²) < 4.78 is 6.55. The molecule has 1 amide bonds. The summed E-state index contributed by atoms with van der Waals surface area (Å²) in [5.74, 6) is -1.68. The molecule has 0 saturated carbocycles. The molecule has 2 heterocycles. The zero-order valence-corrected chi connectivity index (χ0v) is 11.3. The molecule has 0 spiro atoms. The molecule has 2 aromatic heterocycles. The molecule has 2 rings (SSSR count). The molecule has 0 bridgehead atoms. The van der Waals surface area contributed by atoms with Gasteiger partial charge in [-0.25, -0.2) is 9.78 Å². The van der Waals surface area contributed by atoms with E-state index in [4.69, 9.17) is 9.84 Å². The van der Waals surface area contributed by atoms with Crippen molar-refractivity contribution < 1.29 is 19.4 Å². The van der Waals surface area contributed by atoms with Gasteiger partial charge >= 0.3 is 5.97 Å². The van der Waals surface area contributed by atoms with E-state index in [0.29, 0.717) is 18.8 Å². The number of carboxylic acids is 1. The number of anilines is 1. The van der Waals surface area contributed by atoms with E-state index in [1.807, 2.05) is 0 Å². The molecule has 0 aliphatic heterocycles. The number of hydrogen-bond donors (Lipinski definition) is 2. The standard InChI is InChI=1S/C13H14N4O4/c1-21-6-5-17-8-9(7-14-17)15-12(18)10-3-2-4-11(16-10)13(19)20/h2-4,7-8H,5-6H2,1H3,(H,15,18)(H,19,20). The SMILES string of the molecule is COCCn1cc(NC(=O)c2cccc(C(=O)O)n2)cn1. The molecule has 0 aromatic carbocycles. The number of rotatable bonds is 6. The molecule has 110 valence electrons. The minimum Gasteiger partial charge on any atom is -0.477 e. The Bertz CT molecular complexity index is 653. The monoisotopic (exact) mass is 290 g/mol. The van der Waals surface area contributed by atoms with Crippen LogP contribution in [-0.4, -0.2) is 45.5 Å². The number of carbonyl (C=O) groups is 2. The van der Waals surface area contributed by atoms with Crippen molar-refractivity contribution in [2.45, 2.75) is 6.54 Å². The number of nitrogens with one attached hydrogen (secondary N) is 1. The first-order chi connectivity index (χ1) is 10.1. The first-order valence-electron chi connectivity index (χ1n) is 6.13. The van der Waals surface area contributed by atoms with Gasteiger partial charge in [0.1, 0.15) is 11.4 Å². The first kappa shape index (κ1) is 14.7. The van der Waals surface area contributed by atoms with Crippen molar-refractivity contribution in [3.05, 3.63) is 42.0 Å². The number of aromatic carboxylic acids is 1. The molecule has 0 aliphatic carbocycles. The number of nitrogens with zero attached hydrogens (tertiary/aromatic N) is 3. The first-order valence-corrected chi connectivity index (χ1v) is 6.13. The van der Waals surface area contributed by atoms with Gasteiger partial charge < -0.3 is 15.2 Å². The third-order valence-electron chi connectivity index (χ3n) is 2.62. The van der Waals surface area contributed by atoms with Crippen LogP contribution in [0.3, 0.4) is 0 Å². The molecular weight excluding hydrogens is 276 g/mol. The highest BCUT2D eigenvalue weighted by Gasteiger charge is 2.12. The van der Waals surface area contributed by atoms with Crippen LogP contribution < -0.4 is 5.32 Å². The quantitative estimate of drug-likeness (QED) is 0.817. The van der Waals surface area contributed by atoms with E-state index in [9.17, 15) is 9.59 Å². The van der Waals surface area contributed by atoms with Crippen LogP contribution in [-0.2, 0) is 11.3 Å². The second-order valence-corrected chi connectivity index (χ2v) is 4.15. The number of hydrogen-bond acceptors (Lipinski definition) is 5. The number of carbonyl (C=O) groups excluding carboxylic acids is 1. The van der Waals surface area contributed by atoms with Crippen LogP contribution >= 0.6 is 0 Å². The fraction of sp³-hybridized carbons (Fsp3) is 0.231. The highest BCUT2D eigenvalue weighted by molar-refractivity contribution is 6.03. The van der Waals surface area contributed by atoms with Crippen LogP contribution in [0, 0.1) is 0 Å². The Morgan fingerprint density at radius 3 is 2.86 bits per heavy atom. The highest BCUT2D eigenvalue weighted by Crippen LogP contribution is 2.08. The largest absolute Gasteiger partial charge is 0.477 e. The second kappa shape index (κ2) is 6.62. The summed E-state index contributed by atoms with van der Waals surface area (Å²) in [6.45, 7) is 1.08. The van der Waals surface area contributed by atoms with Crippen molar-refractivity contribution in [2.75, 3.05) is 19.0 Å². The van der Waals surface area contributed by atoms with Gasteiger partial charge in [0.2, 0.25) is 0 Å². The van der Waals surface area contributed by atoms with Crippen molar-refractivity contribution in [3.63, 3.8) is 0 Å². The fourth-order valence-electron chi connectivity index (χ4n) is 1.61. The van der Waals surface area contributed by atoms with E-state index in [1.165, 1.54) is 24.4 Å². The molecule has 0 atom stereocenters. The Morgan fingerprint density at radius 2 is 2.14 bits per heavy atom. The van der Waals surface area contributed by atoms with Gasteiger partial charge in [-0.3, -0.25) is 9.48 Å². The summed E-state index contributed by atoms with van der Waals surface area (Å²) in [5.41, 5.74) is 0.344. The predicted molar refractivity (Wildman–Crippen MR) is 73.3 cm³/mol. The van der Waals surface area contributed by atoms with Crippen LogP contribution in [0.4, 0.5) is 5.69 Å². The zero-order valence-electron chi connectivity index (χ0n) is 11.3. The summed E-state index contributed by atoms with van der Waals surface area (Å²) in [5, 5.41) is 15.5. The van der Waals surface area contributed by atoms with Gasteiger partial charge in [-0.2, -0.15) is 5.10 Å². The predicted octanol–water partition coefficient (Wildman–Crippen LogP) is 0.875. The summed E-state index contributed by atoms with van der Waals surface area (Å²) in [4.78, 5) is 26.6. The fourth-order valence-corrected chi connectivity index (χ4v) is 1.61. The molecule has 0 fully saturated rings.